The average Bonchev–Trinajstić information content (AvgIpc) is 2.59. The van der Waals surface area contributed by atoms with E-state index in [9.17, 15) is 4.79 Å². The maximum Gasteiger partial charge on any atom is 0.188 e. The third kappa shape index (κ3) is 3.71. The van der Waals surface area contributed by atoms with Crippen molar-refractivity contribution < 1.29 is 4.79 Å². The Morgan fingerprint density at radius 1 is 1.12 bits per heavy atom. The van der Waals surface area contributed by atoms with Gasteiger partial charge < -0.3 is 10.6 Å². The number of aliphatic imine (C=N–C) groups is 1. The summed E-state index contributed by atoms with van der Waals surface area (Å²) in [6.45, 7) is 5.46. The molecular weight excluding hydrogens is 298 g/mol. The van der Waals surface area contributed by atoms with Gasteiger partial charge in [-0.05, 0) is 25.5 Å². The molecule has 4 nitrogen and oxygen atoms in total. The van der Waals surface area contributed by atoms with Gasteiger partial charge in [-0.1, -0.05) is 48.0 Å². The first kappa shape index (κ1) is 16.0. The lowest BCUT2D eigenvalue weighted by molar-refractivity contribution is 0.104. The topological polar surface area (TPSA) is 53.5 Å². The summed E-state index contributed by atoms with van der Waals surface area (Å²) in [7, 11) is 0. The number of carbonyl (C=O) groups excluding carboxylic acids is 1. The highest BCUT2D eigenvalue weighted by molar-refractivity contribution is 6.14. The highest BCUT2D eigenvalue weighted by Gasteiger charge is 2.14. The molecule has 1 aliphatic rings. The molecule has 0 unspecified atom stereocenters. The fraction of sp³-hybridized carbons (Fsp3) is 0.200. The number of allylic oxidation sites excluding steroid dienone is 1. The normalized spacial score (nSPS) is 15.6. The van der Waals surface area contributed by atoms with Crippen LogP contribution in [0.3, 0.4) is 0 Å². The monoisotopic (exact) mass is 319 g/mol. The van der Waals surface area contributed by atoms with Crippen LogP contribution < -0.4 is 10.6 Å². The van der Waals surface area contributed by atoms with Gasteiger partial charge in [-0.15, -0.1) is 0 Å². The number of nitrogens with one attached hydrogen (secondary N) is 2. The molecule has 3 rings (SSSR count). The molecule has 2 aromatic carbocycles. The van der Waals surface area contributed by atoms with Crippen molar-refractivity contribution in [2.24, 2.45) is 4.99 Å². The van der Waals surface area contributed by atoms with E-state index in [0.717, 1.165) is 29.1 Å². The minimum atomic E-state index is -0.0290. The summed E-state index contributed by atoms with van der Waals surface area (Å²) >= 11 is 0. The highest BCUT2D eigenvalue weighted by atomic mass is 16.1. The number of carbonyl (C=O) groups is 1. The number of para-hydroxylation sites is 1. The number of nitrogens with zero attached hydrogens (tertiary/aromatic N) is 1. The van der Waals surface area contributed by atoms with Gasteiger partial charge in [0.2, 0.25) is 0 Å². The van der Waals surface area contributed by atoms with Gasteiger partial charge in [0.25, 0.3) is 0 Å². The molecule has 4 heteroatoms. The molecule has 24 heavy (non-hydrogen) atoms. The number of benzene rings is 2. The summed E-state index contributed by atoms with van der Waals surface area (Å²) in [5.74, 6) is 0.676. The standard InChI is InChI=1S/C20H21N3O/c1-14-7-9-16(10-8-14)19(24)13-18-20(22-12-11-21-18)23-17-6-4-3-5-15(17)2/h3-10,13,21H,11-12H2,1-2H3,(H,22,23). The van der Waals surface area contributed by atoms with Crippen molar-refractivity contribution in [3.63, 3.8) is 0 Å². The fourth-order valence-electron chi connectivity index (χ4n) is 2.53. The van der Waals surface area contributed by atoms with Crippen LogP contribution in [0.15, 0.2) is 65.3 Å². The number of aryl methyl sites for hydroxylation is 2. The average molecular weight is 319 g/mol. The van der Waals surface area contributed by atoms with Crippen molar-refractivity contribution in [2.45, 2.75) is 13.8 Å². The van der Waals surface area contributed by atoms with Crippen LogP contribution in [0.4, 0.5) is 5.69 Å². The second-order valence-electron chi connectivity index (χ2n) is 5.89. The SMILES string of the molecule is Cc1ccc(C(=O)C=C2NCCN=C2Nc2ccccc2C)cc1. The van der Waals surface area contributed by atoms with Gasteiger partial charge >= 0.3 is 0 Å². The lowest BCUT2D eigenvalue weighted by Crippen LogP contribution is -2.33. The Balaban J connectivity index is 1.84. The summed E-state index contributed by atoms with van der Waals surface area (Å²) in [5.41, 5.74) is 4.67. The van der Waals surface area contributed by atoms with Gasteiger partial charge in [-0.3, -0.25) is 9.79 Å². The summed E-state index contributed by atoms with van der Waals surface area (Å²) < 4.78 is 0. The van der Waals surface area contributed by atoms with Gasteiger partial charge in [0.1, 0.15) is 5.84 Å². The van der Waals surface area contributed by atoms with Gasteiger partial charge in [0.05, 0.1) is 12.2 Å². The lowest BCUT2D eigenvalue weighted by atomic mass is 10.1. The molecule has 0 aromatic heterocycles. The maximum atomic E-state index is 12.5. The van der Waals surface area contributed by atoms with E-state index in [1.165, 1.54) is 0 Å². The number of hydrogen-bond donors (Lipinski definition) is 2. The Morgan fingerprint density at radius 3 is 2.62 bits per heavy atom. The molecule has 0 radical (unpaired) electrons. The van der Waals surface area contributed by atoms with Crippen molar-refractivity contribution in [2.75, 3.05) is 18.4 Å². The summed E-state index contributed by atoms with van der Waals surface area (Å²) in [5, 5.41) is 6.60. The van der Waals surface area contributed by atoms with Crippen molar-refractivity contribution in [1.82, 2.24) is 5.32 Å². The van der Waals surface area contributed by atoms with E-state index in [1.807, 2.05) is 62.4 Å². The Labute approximate surface area is 142 Å². The molecule has 0 aliphatic carbocycles. The van der Waals surface area contributed by atoms with Crippen molar-refractivity contribution in [1.29, 1.82) is 0 Å². The van der Waals surface area contributed by atoms with Gasteiger partial charge in [0.15, 0.2) is 5.78 Å². The van der Waals surface area contributed by atoms with Gasteiger partial charge in [-0.2, -0.15) is 0 Å². The molecule has 2 aromatic rings. The van der Waals surface area contributed by atoms with Crippen LogP contribution in [0.2, 0.25) is 0 Å². The molecule has 0 bridgehead atoms. The molecule has 122 valence electrons. The van der Waals surface area contributed by atoms with Crippen LogP contribution in [0.1, 0.15) is 21.5 Å². The molecule has 0 spiro atoms. The highest BCUT2D eigenvalue weighted by Crippen LogP contribution is 2.16. The van der Waals surface area contributed by atoms with E-state index in [1.54, 1.807) is 6.08 Å². The minimum Gasteiger partial charge on any atom is -0.380 e. The molecule has 1 aliphatic heterocycles. The van der Waals surface area contributed by atoms with Gasteiger partial charge in [0, 0.05) is 23.9 Å². The molecule has 0 atom stereocenters. The zero-order valence-electron chi connectivity index (χ0n) is 14.0. The minimum absolute atomic E-state index is 0.0290. The fourth-order valence-corrected chi connectivity index (χ4v) is 2.53. The maximum absolute atomic E-state index is 12.5. The van der Waals surface area contributed by atoms with E-state index < -0.39 is 0 Å². The Kier molecular flexibility index (Phi) is 4.75. The van der Waals surface area contributed by atoms with E-state index in [4.69, 9.17) is 0 Å². The van der Waals surface area contributed by atoms with Crippen molar-refractivity contribution in [3.8, 4) is 0 Å². The van der Waals surface area contributed by atoms with Gasteiger partial charge in [-0.25, -0.2) is 0 Å². The predicted molar refractivity (Wildman–Crippen MR) is 98.7 cm³/mol. The number of anilines is 1. The molecule has 2 N–H and O–H groups in total. The zero-order chi connectivity index (χ0) is 16.9. The molecule has 0 amide bonds. The Hall–Kier alpha value is -2.88. The Bertz CT molecular complexity index is 804. The lowest BCUT2D eigenvalue weighted by Gasteiger charge is -2.20. The van der Waals surface area contributed by atoms with Crippen LogP contribution in [-0.2, 0) is 0 Å². The molecule has 1 heterocycles. The summed E-state index contributed by atoms with van der Waals surface area (Å²) in [4.78, 5) is 17.0. The number of ketones is 1. The molecule has 0 saturated carbocycles. The molecule has 0 saturated heterocycles. The molecular formula is C20H21N3O. The van der Waals surface area contributed by atoms with Crippen LogP contribution in [-0.4, -0.2) is 24.7 Å². The molecule has 0 fully saturated rings. The van der Waals surface area contributed by atoms with Crippen LogP contribution in [0, 0.1) is 13.8 Å². The Morgan fingerprint density at radius 2 is 1.88 bits per heavy atom. The van der Waals surface area contributed by atoms with Crippen molar-refractivity contribution >= 4 is 17.3 Å². The van der Waals surface area contributed by atoms with Crippen LogP contribution in [0.5, 0.6) is 0 Å². The quantitative estimate of drug-likeness (QED) is 0.673. The third-order valence-electron chi connectivity index (χ3n) is 3.96. The third-order valence-corrected chi connectivity index (χ3v) is 3.96. The van der Waals surface area contributed by atoms with Crippen molar-refractivity contribution in [3.05, 3.63) is 77.0 Å². The first-order chi connectivity index (χ1) is 11.6. The number of rotatable bonds is 3. The second kappa shape index (κ2) is 7.13. The van der Waals surface area contributed by atoms with Crippen LogP contribution >= 0.6 is 0 Å². The first-order valence-corrected chi connectivity index (χ1v) is 8.07. The van der Waals surface area contributed by atoms with E-state index >= 15 is 0 Å². The zero-order valence-corrected chi connectivity index (χ0v) is 14.0. The number of amidine groups is 1. The number of hydrogen-bond acceptors (Lipinski definition) is 4. The summed E-state index contributed by atoms with van der Waals surface area (Å²) in [6, 6.07) is 15.6. The van der Waals surface area contributed by atoms with E-state index in [2.05, 4.69) is 15.6 Å². The van der Waals surface area contributed by atoms with Crippen LogP contribution in [0.25, 0.3) is 0 Å². The predicted octanol–water partition coefficient (Wildman–Crippen LogP) is 3.48. The summed E-state index contributed by atoms with van der Waals surface area (Å²) in [6.07, 6.45) is 1.62. The smallest absolute Gasteiger partial charge is 0.188 e. The van der Waals surface area contributed by atoms with E-state index in [0.29, 0.717) is 17.9 Å². The van der Waals surface area contributed by atoms with E-state index in [-0.39, 0.29) is 5.78 Å². The first-order valence-electron chi connectivity index (χ1n) is 8.07. The second-order valence-corrected chi connectivity index (χ2v) is 5.89. The largest absolute Gasteiger partial charge is 0.380 e.